The second-order valence-corrected chi connectivity index (χ2v) is 38.4. The molecule has 0 N–H and O–H groups in total. The Hall–Kier alpha value is -9.16. The van der Waals surface area contributed by atoms with E-state index in [2.05, 4.69) is 376 Å². The zero-order valence-electron chi connectivity index (χ0n) is 64.8. The van der Waals surface area contributed by atoms with E-state index in [9.17, 15) is 0 Å². The first-order chi connectivity index (χ1) is 48.5. The van der Waals surface area contributed by atoms with Gasteiger partial charge in [-0.15, -0.1) is 11.3 Å². The molecule has 0 spiro atoms. The normalized spacial score (nSPS) is 15.9. The van der Waals surface area contributed by atoms with Gasteiger partial charge in [-0.05, 0) is 270 Å². The van der Waals surface area contributed by atoms with Crippen LogP contribution in [-0.4, -0.2) is 9.13 Å². The number of thiophene rings is 1. The Balaban J connectivity index is 0.988. The standard InChI is InChI=1S/C98H104N4S/c1-91(2,3)63-32-40-85-76(52-63)77-53-64(92(4,5)6)33-41-86(77)101(85)69-27-23-25-67(56-69)99(71-36-38-81-83(59-71)97(17,18)47-45-95(81,13)14)73-49-62(61-31-44-90-80(51-61)75-29-21-22-30-89(75)103-90)50-74(58-73)100(72-37-39-82-84(60-72)98(19,20)48-46-96(82,15)16)68-26-24-28-70(57-68)102-87-42-34-65(93(7,8)9)54-78(87)79-55-66(94(10,11)12)35-43-88(79)102/h21-44,49-60H,45-48H2,1-20H3. The summed E-state index contributed by atoms with van der Waals surface area (Å²) in [6.45, 7) is 47.7. The Labute approximate surface area is 617 Å². The first-order valence-corrected chi connectivity index (χ1v) is 38.7. The first-order valence-electron chi connectivity index (χ1n) is 37.9. The Kier molecular flexibility index (Phi) is 15.7. The van der Waals surface area contributed by atoms with Crippen LogP contribution in [0.25, 0.3) is 86.3 Å². The molecular formula is C98H104N4S. The summed E-state index contributed by atoms with van der Waals surface area (Å²) in [5.41, 5.74) is 26.9. The molecule has 0 aliphatic heterocycles. The molecule has 0 radical (unpaired) electrons. The van der Waals surface area contributed by atoms with E-state index in [0.29, 0.717) is 0 Å². The van der Waals surface area contributed by atoms with Gasteiger partial charge in [0.15, 0.2) is 0 Å². The van der Waals surface area contributed by atoms with Gasteiger partial charge in [-0.1, -0.05) is 211 Å². The van der Waals surface area contributed by atoms with Crippen molar-refractivity contribution in [3.63, 3.8) is 0 Å². The third-order valence-corrected chi connectivity index (χ3v) is 25.2. The zero-order valence-corrected chi connectivity index (χ0v) is 65.6. The van der Waals surface area contributed by atoms with E-state index in [4.69, 9.17) is 0 Å². The number of nitrogens with zero attached hydrogens (tertiary/aromatic N) is 4. The monoisotopic (exact) mass is 1370 g/mol. The van der Waals surface area contributed by atoms with Crippen molar-refractivity contribution < 1.29 is 0 Å². The fourth-order valence-electron chi connectivity index (χ4n) is 17.3. The van der Waals surface area contributed by atoms with Crippen LogP contribution in [0, 0.1) is 0 Å². The average Bonchev–Trinajstić information content (AvgIpc) is 1.67. The molecule has 4 nitrogen and oxygen atoms in total. The van der Waals surface area contributed by atoms with E-state index in [0.717, 1.165) is 76.7 Å². The average molecular weight is 1370 g/mol. The summed E-state index contributed by atoms with van der Waals surface area (Å²) in [5.74, 6) is 0. The van der Waals surface area contributed by atoms with Gasteiger partial charge in [-0.2, -0.15) is 0 Å². The fourth-order valence-corrected chi connectivity index (χ4v) is 18.3. The van der Waals surface area contributed by atoms with Gasteiger partial charge in [-0.25, -0.2) is 0 Å². The lowest BCUT2D eigenvalue weighted by atomic mass is 9.63. The second kappa shape index (κ2) is 23.7. The van der Waals surface area contributed by atoms with Gasteiger partial charge in [0.25, 0.3) is 0 Å². The highest BCUT2D eigenvalue weighted by molar-refractivity contribution is 7.25. The Morgan fingerprint density at radius 2 is 0.631 bits per heavy atom. The van der Waals surface area contributed by atoms with Crippen molar-refractivity contribution in [3.05, 3.63) is 263 Å². The fraction of sp³-hybridized carbons (Fsp3) is 0.327. The molecule has 0 saturated heterocycles. The summed E-state index contributed by atoms with van der Waals surface area (Å²) in [5, 5.41) is 7.70. The number of hydrogen-bond donors (Lipinski definition) is 0. The van der Waals surface area contributed by atoms with Gasteiger partial charge in [0.05, 0.1) is 22.1 Å². The van der Waals surface area contributed by atoms with Gasteiger partial charge in [0.1, 0.15) is 0 Å². The second-order valence-electron chi connectivity index (χ2n) is 37.4. The van der Waals surface area contributed by atoms with Crippen LogP contribution in [0.2, 0.25) is 0 Å². The minimum Gasteiger partial charge on any atom is -0.310 e. The predicted octanol–water partition coefficient (Wildman–Crippen LogP) is 28.7. The summed E-state index contributed by atoms with van der Waals surface area (Å²) >= 11 is 1.88. The number of anilines is 6. The van der Waals surface area contributed by atoms with Gasteiger partial charge in [-0.3, -0.25) is 0 Å². The molecule has 3 heterocycles. The van der Waals surface area contributed by atoms with Crippen LogP contribution in [0.3, 0.4) is 0 Å². The van der Waals surface area contributed by atoms with E-state index < -0.39 is 0 Å². The lowest BCUT2D eigenvalue weighted by Gasteiger charge is -2.43. The summed E-state index contributed by atoms with van der Waals surface area (Å²) in [6.07, 6.45) is 4.50. The van der Waals surface area contributed by atoms with Crippen LogP contribution in [0.4, 0.5) is 34.1 Å². The van der Waals surface area contributed by atoms with Gasteiger partial charge in [0.2, 0.25) is 0 Å². The van der Waals surface area contributed by atoms with E-state index in [1.165, 1.54) is 114 Å². The summed E-state index contributed by atoms with van der Waals surface area (Å²) in [4.78, 5) is 5.19. The van der Waals surface area contributed by atoms with Crippen molar-refractivity contribution in [1.82, 2.24) is 9.13 Å². The third-order valence-electron chi connectivity index (χ3n) is 24.0. The molecule has 103 heavy (non-hydrogen) atoms. The van der Waals surface area contributed by atoms with Crippen molar-refractivity contribution in [2.75, 3.05) is 9.80 Å². The Morgan fingerprint density at radius 3 is 1.02 bits per heavy atom. The molecule has 0 unspecified atom stereocenters. The third kappa shape index (κ3) is 11.8. The summed E-state index contributed by atoms with van der Waals surface area (Å²) in [7, 11) is 0. The first kappa shape index (κ1) is 68.3. The zero-order chi connectivity index (χ0) is 72.6. The molecule has 522 valence electrons. The van der Waals surface area contributed by atoms with Gasteiger partial charge >= 0.3 is 0 Å². The number of aromatic nitrogens is 2. The van der Waals surface area contributed by atoms with Crippen molar-refractivity contribution in [3.8, 4) is 22.5 Å². The van der Waals surface area contributed by atoms with Crippen molar-refractivity contribution in [1.29, 1.82) is 0 Å². The van der Waals surface area contributed by atoms with Crippen molar-refractivity contribution in [2.24, 2.45) is 0 Å². The maximum atomic E-state index is 2.60. The van der Waals surface area contributed by atoms with Gasteiger partial charge in [0, 0.05) is 87.2 Å². The molecule has 14 aromatic rings. The number of rotatable bonds is 9. The van der Waals surface area contributed by atoms with Crippen LogP contribution in [0.1, 0.15) is 209 Å². The number of fused-ring (bicyclic) bond motifs is 11. The molecule has 0 bridgehead atoms. The minimum atomic E-state index is -0.0440. The lowest BCUT2D eigenvalue weighted by molar-refractivity contribution is 0.332. The van der Waals surface area contributed by atoms with Crippen LogP contribution in [0.5, 0.6) is 0 Å². The van der Waals surface area contributed by atoms with Crippen LogP contribution >= 0.6 is 11.3 Å². The van der Waals surface area contributed by atoms with E-state index in [1.54, 1.807) is 0 Å². The SMILES string of the molecule is CC(C)(C)c1ccc2c(c1)c1cc(C(C)(C)C)ccc1n2-c1cccc(N(c2cc(-c3ccc4sc5ccccc5c4c3)cc(N(c3cccc(-n4c5ccc(C(C)(C)C)cc5c5cc(C(C)(C)C)ccc54)c3)c3ccc4c(c3)C(C)(C)CCC4(C)C)c2)c2ccc3c(c2)C(C)(C)CCC3(C)C)c1. The molecular weight excluding hydrogens is 1270 g/mol. The minimum absolute atomic E-state index is 0.0222. The maximum absolute atomic E-state index is 2.60. The molecule has 0 amide bonds. The van der Waals surface area contributed by atoms with E-state index >= 15 is 0 Å². The summed E-state index contributed by atoms with van der Waals surface area (Å²) < 4.78 is 7.66. The molecule has 2 aliphatic rings. The number of benzene rings is 11. The van der Waals surface area contributed by atoms with Crippen molar-refractivity contribution in [2.45, 2.75) is 207 Å². The molecule has 0 fully saturated rings. The highest BCUT2D eigenvalue weighted by atomic mass is 32.1. The Bertz CT molecular complexity index is 5320. The largest absolute Gasteiger partial charge is 0.310 e. The number of hydrogen-bond acceptors (Lipinski definition) is 3. The summed E-state index contributed by atoms with van der Waals surface area (Å²) in [6, 6.07) is 86.3. The van der Waals surface area contributed by atoms with E-state index in [1.807, 2.05) is 11.3 Å². The predicted molar refractivity (Wildman–Crippen MR) is 448 cm³/mol. The highest BCUT2D eigenvalue weighted by Crippen LogP contribution is 2.53. The van der Waals surface area contributed by atoms with Gasteiger partial charge < -0.3 is 18.9 Å². The Morgan fingerprint density at radius 1 is 0.272 bits per heavy atom. The van der Waals surface area contributed by atoms with Crippen LogP contribution in [0.15, 0.2) is 218 Å². The smallest absolute Gasteiger partial charge is 0.0541 e. The topological polar surface area (TPSA) is 16.3 Å². The maximum Gasteiger partial charge on any atom is 0.0541 e. The quantitative estimate of drug-likeness (QED) is 0.143. The highest BCUT2D eigenvalue weighted by Gasteiger charge is 2.40. The molecule has 5 heteroatoms. The molecule has 3 aromatic heterocycles. The molecule has 0 atom stereocenters. The van der Waals surface area contributed by atoms with Crippen LogP contribution < -0.4 is 9.80 Å². The van der Waals surface area contributed by atoms with Crippen molar-refractivity contribution >= 4 is 109 Å². The molecule has 0 saturated carbocycles. The lowest BCUT2D eigenvalue weighted by Crippen LogP contribution is -2.34. The molecule has 2 aliphatic carbocycles. The molecule has 11 aromatic carbocycles. The molecule has 16 rings (SSSR count). The van der Waals surface area contributed by atoms with Crippen LogP contribution in [-0.2, 0) is 43.3 Å². The van der Waals surface area contributed by atoms with E-state index in [-0.39, 0.29) is 43.3 Å².